The predicted molar refractivity (Wildman–Crippen MR) is 91.0 cm³/mol. The maximum Gasteiger partial charge on any atom is 0.325 e. The van der Waals surface area contributed by atoms with E-state index in [0.29, 0.717) is 32.7 Å². The van der Waals surface area contributed by atoms with Gasteiger partial charge in [0, 0.05) is 31.7 Å². The lowest BCUT2D eigenvalue weighted by atomic mass is 9.89. The summed E-state index contributed by atoms with van der Waals surface area (Å²) in [5.41, 5.74) is -0.616. The zero-order valence-corrected chi connectivity index (χ0v) is 14.8. The first kappa shape index (κ1) is 17.2. The van der Waals surface area contributed by atoms with Crippen molar-refractivity contribution in [1.82, 2.24) is 15.1 Å². The Labute approximate surface area is 148 Å². The molecule has 1 saturated carbocycles. The Morgan fingerprint density at radius 2 is 1.96 bits per heavy atom. The van der Waals surface area contributed by atoms with E-state index in [-0.39, 0.29) is 30.0 Å². The molecule has 2 N–H and O–H groups in total. The van der Waals surface area contributed by atoms with Gasteiger partial charge < -0.3 is 15.2 Å². The van der Waals surface area contributed by atoms with E-state index in [1.54, 1.807) is 0 Å². The number of likely N-dealkylation sites (tertiary alicyclic amines) is 1. The van der Waals surface area contributed by atoms with E-state index in [2.05, 4.69) is 10.2 Å². The molecule has 3 aliphatic heterocycles. The first-order valence-electron chi connectivity index (χ1n) is 9.75. The van der Waals surface area contributed by atoms with Crippen molar-refractivity contribution in [1.29, 1.82) is 0 Å². The van der Waals surface area contributed by atoms with Crippen LogP contribution in [0.1, 0.15) is 44.9 Å². The Morgan fingerprint density at radius 3 is 2.72 bits per heavy atom. The van der Waals surface area contributed by atoms with Gasteiger partial charge in [-0.15, -0.1) is 0 Å². The van der Waals surface area contributed by atoms with Gasteiger partial charge >= 0.3 is 6.03 Å². The minimum atomic E-state index is -0.616. The number of imide groups is 1. The van der Waals surface area contributed by atoms with Gasteiger partial charge in [-0.1, -0.05) is 12.8 Å². The topological polar surface area (TPSA) is 82.1 Å². The van der Waals surface area contributed by atoms with Crippen molar-refractivity contribution < 1.29 is 19.4 Å². The van der Waals surface area contributed by atoms with Crippen LogP contribution < -0.4 is 5.32 Å². The molecule has 4 aliphatic rings. The fourth-order valence-corrected chi connectivity index (χ4v) is 5.16. The Balaban J connectivity index is 1.37. The van der Waals surface area contributed by atoms with Crippen LogP contribution in [0.3, 0.4) is 0 Å². The van der Waals surface area contributed by atoms with Gasteiger partial charge in [0.15, 0.2) is 0 Å². The summed E-state index contributed by atoms with van der Waals surface area (Å²) < 4.78 is 5.57. The molecule has 25 heavy (non-hydrogen) atoms. The molecule has 3 heterocycles. The second kappa shape index (κ2) is 6.85. The Hall–Kier alpha value is -1.18. The summed E-state index contributed by atoms with van der Waals surface area (Å²) in [4.78, 5) is 28.8. The van der Waals surface area contributed by atoms with E-state index < -0.39 is 5.54 Å². The van der Waals surface area contributed by atoms with Gasteiger partial charge in [0.05, 0.1) is 12.7 Å². The summed E-state index contributed by atoms with van der Waals surface area (Å²) in [6, 6.07) is 0.0557. The molecule has 7 heteroatoms. The fraction of sp³-hybridized carbons (Fsp3) is 0.889. The fourth-order valence-electron chi connectivity index (χ4n) is 5.16. The Morgan fingerprint density at radius 1 is 1.16 bits per heavy atom. The maximum atomic E-state index is 12.7. The van der Waals surface area contributed by atoms with Crippen LogP contribution in [-0.2, 0) is 9.53 Å². The summed E-state index contributed by atoms with van der Waals surface area (Å²) in [6.07, 6.45) is 6.09. The molecule has 4 rings (SSSR count). The van der Waals surface area contributed by atoms with Crippen LogP contribution in [0.5, 0.6) is 0 Å². The number of hydrogen-bond acceptors (Lipinski definition) is 5. The lowest BCUT2D eigenvalue weighted by molar-refractivity contribution is -0.131. The van der Waals surface area contributed by atoms with Gasteiger partial charge in [0.2, 0.25) is 0 Å². The highest BCUT2D eigenvalue weighted by molar-refractivity contribution is 6.07. The third kappa shape index (κ3) is 3.06. The first-order chi connectivity index (χ1) is 12.1. The van der Waals surface area contributed by atoms with E-state index in [0.717, 1.165) is 45.1 Å². The number of carbonyl (C=O) groups is 2. The molecule has 7 nitrogen and oxygen atoms in total. The van der Waals surface area contributed by atoms with Gasteiger partial charge in [-0.05, 0) is 38.6 Å². The van der Waals surface area contributed by atoms with E-state index in [1.807, 2.05) is 0 Å². The normalized spacial score (nSPS) is 35.7. The van der Waals surface area contributed by atoms with E-state index in [9.17, 15) is 14.7 Å². The number of aliphatic hydroxyl groups excluding tert-OH is 1. The molecular weight excluding hydrogens is 322 g/mol. The highest BCUT2D eigenvalue weighted by atomic mass is 16.5. The summed E-state index contributed by atoms with van der Waals surface area (Å²) in [7, 11) is 0. The van der Waals surface area contributed by atoms with Crippen molar-refractivity contribution in [3.63, 3.8) is 0 Å². The second-order valence-electron chi connectivity index (χ2n) is 8.02. The molecule has 4 fully saturated rings. The molecule has 0 radical (unpaired) electrons. The van der Waals surface area contributed by atoms with Crippen LogP contribution in [0.25, 0.3) is 0 Å². The van der Waals surface area contributed by atoms with Crippen molar-refractivity contribution in [2.75, 3.05) is 32.8 Å². The van der Waals surface area contributed by atoms with Crippen molar-refractivity contribution >= 4 is 11.9 Å². The molecule has 3 atom stereocenters. The Bertz CT molecular complexity index is 534. The average Bonchev–Trinajstić information content (AvgIpc) is 3.29. The number of hydrogen-bond donors (Lipinski definition) is 2. The van der Waals surface area contributed by atoms with Crippen molar-refractivity contribution in [2.24, 2.45) is 5.92 Å². The van der Waals surface area contributed by atoms with Crippen LogP contribution in [0.4, 0.5) is 4.79 Å². The third-order valence-corrected chi connectivity index (χ3v) is 6.58. The molecular formula is C18H29N3O4. The minimum absolute atomic E-state index is 0.0354. The number of amides is 3. The highest BCUT2D eigenvalue weighted by Gasteiger charge is 2.52. The molecule has 0 aromatic rings. The van der Waals surface area contributed by atoms with Gasteiger partial charge in [0.25, 0.3) is 5.91 Å². The monoisotopic (exact) mass is 351 g/mol. The maximum absolute atomic E-state index is 12.7. The highest BCUT2D eigenvalue weighted by Crippen LogP contribution is 2.35. The average molecular weight is 351 g/mol. The SMILES string of the molecule is O=C1NC2(CCCC2)C(=O)N1CCN1CCCC1C1COCCC1O. The van der Waals surface area contributed by atoms with Crippen molar-refractivity contribution in [3.8, 4) is 0 Å². The molecule has 1 spiro atoms. The number of ether oxygens (including phenoxy) is 1. The number of carbonyl (C=O) groups excluding carboxylic acids is 2. The predicted octanol–water partition coefficient (Wildman–Crippen LogP) is 0.713. The molecule has 3 saturated heterocycles. The van der Waals surface area contributed by atoms with Gasteiger partial charge in [-0.3, -0.25) is 14.6 Å². The van der Waals surface area contributed by atoms with E-state index in [4.69, 9.17) is 4.74 Å². The smallest absolute Gasteiger partial charge is 0.325 e. The van der Waals surface area contributed by atoms with Crippen molar-refractivity contribution in [2.45, 2.75) is 62.6 Å². The van der Waals surface area contributed by atoms with E-state index in [1.165, 1.54) is 4.90 Å². The molecule has 140 valence electrons. The molecule has 0 aromatic carbocycles. The second-order valence-corrected chi connectivity index (χ2v) is 8.02. The molecule has 3 amide bonds. The summed E-state index contributed by atoms with van der Waals surface area (Å²) in [6.45, 7) is 3.32. The Kier molecular flexibility index (Phi) is 4.73. The number of nitrogens with one attached hydrogen (secondary N) is 1. The molecule has 3 unspecified atom stereocenters. The first-order valence-corrected chi connectivity index (χ1v) is 9.75. The zero-order chi connectivity index (χ0) is 17.4. The molecule has 0 aromatic heterocycles. The van der Waals surface area contributed by atoms with Gasteiger partial charge in [-0.25, -0.2) is 4.79 Å². The van der Waals surface area contributed by atoms with Crippen LogP contribution in [0.15, 0.2) is 0 Å². The minimum Gasteiger partial charge on any atom is -0.393 e. The summed E-state index contributed by atoms with van der Waals surface area (Å²) in [5.74, 6) is 0.104. The number of aliphatic hydroxyl groups is 1. The number of nitrogens with zero attached hydrogens (tertiary/aromatic N) is 2. The van der Waals surface area contributed by atoms with Crippen LogP contribution in [-0.4, -0.2) is 77.4 Å². The van der Waals surface area contributed by atoms with Gasteiger partial charge in [-0.2, -0.15) is 0 Å². The van der Waals surface area contributed by atoms with Crippen molar-refractivity contribution in [3.05, 3.63) is 0 Å². The standard InChI is InChI=1S/C18H29N3O4/c22-15-5-11-25-12-13(15)14-4-3-8-20(14)9-10-21-16(23)18(19-17(21)24)6-1-2-7-18/h13-15,22H,1-12H2,(H,19,24). The van der Waals surface area contributed by atoms with Gasteiger partial charge in [0.1, 0.15) is 5.54 Å². The number of urea groups is 1. The summed E-state index contributed by atoms with van der Waals surface area (Å²) in [5, 5.41) is 13.3. The summed E-state index contributed by atoms with van der Waals surface area (Å²) >= 11 is 0. The van der Waals surface area contributed by atoms with Crippen LogP contribution >= 0.6 is 0 Å². The lowest BCUT2D eigenvalue weighted by Gasteiger charge is -2.37. The van der Waals surface area contributed by atoms with E-state index >= 15 is 0 Å². The lowest BCUT2D eigenvalue weighted by Crippen LogP contribution is -2.49. The number of rotatable bonds is 4. The zero-order valence-electron chi connectivity index (χ0n) is 14.8. The van der Waals surface area contributed by atoms with Crippen LogP contribution in [0.2, 0.25) is 0 Å². The third-order valence-electron chi connectivity index (χ3n) is 6.58. The molecule has 1 aliphatic carbocycles. The quantitative estimate of drug-likeness (QED) is 0.729. The van der Waals surface area contributed by atoms with Crippen LogP contribution in [0, 0.1) is 5.92 Å². The largest absolute Gasteiger partial charge is 0.393 e. The molecule has 0 bridgehead atoms.